The van der Waals surface area contributed by atoms with Crippen LogP contribution in [-0.2, 0) is 0 Å². The highest BCUT2D eigenvalue weighted by atomic mass is 14.3. The van der Waals surface area contributed by atoms with Crippen LogP contribution in [0.5, 0.6) is 0 Å². The van der Waals surface area contributed by atoms with Crippen LogP contribution >= 0.6 is 0 Å². The van der Waals surface area contributed by atoms with Gasteiger partial charge in [-0.25, -0.2) is 0 Å². The minimum atomic E-state index is 0.636. The first-order chi connectivity index (χ1) is 7.81. The molecule has 0 radical (unpaired) electrons. The summed E-state index contributed by atoms with van der Waals surface area (Å²) < 4.78 is 0. The number of hydrogen-bond donors (Lipinski definition) is 0. The predicted octanol–water partition coefficient (Wildman–Crippen LogP) is 5.18. The molecule has 1 atom stereocenters. The molecule has 16 heavy (non-hydrogen) atoms. The van der Waals surface area contributed by atoms with Gasteiger partial charge in [0.2, 0.25) is 0 Å². The Labute approximate surface area is 100 Å². The third kappa shape index (κ3) is 1.90. The molecule has 0 saturated heterocycles. The minimum absolute atomic E-state index is 0.636. The Morgan fingerprint density at radius 1 is 1.12 bits per heavy atom. The summed E-state index contributed by atoms with van der Waals surface area (Å²) in [6.45, 7) is 8.65. The summed E-state index contributed by atoms with van der Waals surface area (Å²) in [7, 11) is 0. The number of allylic oxidation sites excluding steroid dienone is 5. The zero-order valence-electron chi connectivity index (χ0n) is 10.8. The Kier molecular flexibility index (Phi) is 3.68. The van der Waals surface area contributed by atoms with Crippen LogP contribution < -0.4 is 0 Å². The largest absolute Gasteiger partial charge is 0.102 e. The standard InChI is InChI=1S/C16H24/c1-4-12-11-13(5-2)15-9-7-8-10-16(15)14(12)6-3/h4,12H,1,5-11H2,2-3H3. The SMILES string of the molecule is C=CC1CC(CC)=C2CCCCC2=C1CC. The zero-order valence-corrected chi connectivity index (χ0v) is 10.8. The molecule has 2 aliphatic carbocycles. The van der Waals surface area contributed by atoms with Gasteiger partial charge in [0.25, 0.3) is 0 Å². The third-order valence-corrected chi connectivity index (χ3v) is 4.29. The van der Waals surface area contributed by atoms with Gasteiger partial charge in [0.15, 0.2) is 0 Å². The van der Waals surface area contributed by atoms with Crippen molar-refractivity contribution in [3.63, 3.8) is 0 Å². The highest BCUT2D eigenvalue weighted by Gasteiger charge is 2.26. The van der Waals surface area contributed by atoms with E-state index in [4.69, 9.17) is 0 Å². The lowest BCUT2D eigenvalue weighted by molar-refractivity contribution is 0.592. The Morgan fingerprint density at radius 2 is 1.81 bits per heavy atom. The van der Waals surface area contributed by atoms with Crippen molar-refractivity contribution in [2.75, 3.05) is 0 Å². The molecule has 1 fully saturated rings. The maximum absolute atomic E-state index is 4.03. The van der Waals surface area contributed by atoms with E-state index in [0.29, 0.717) is 5.92 Å². The molecule has 0 aromatic heterocycles. The summed E-state index contributed by atoms with van der Waals surface area (Å²) in [6.07, 6.45) is 11.3. The van der Waals surface area contributed by atoms with E-state index in [1.165, 1.54) is 44.9 Å². The molecule has 0 N–H and O–H groups in total. The highest BCUT2D eigenvalue weighted by molar-refractivity contribution is 5.46. The summed E-state index contributed by atoms with van der Waals surface area (Å²) in [5.74, 6) is 0.636. The second kappa shape index (κ2) is 5.03. The molecule has 0 amide bonds. The molecule has 2 aliphatic rings. The number of rotatable bonds is 3. The van der Waals surface area contributed by atoms with Crippen molar-refractivity contribution in [3.8, 4) is 0 Å². The molecular weight excluding hydrogens is 192 g/mol. The molecule has 0 bridgehead atoms. The van der Waals surface area contributed by atoms with Crippen LogP contribution in [0, 0.1) is 5.92 Å². The van der Waals surface area contributed by atoms with Crippen molar-refractivity contribution in [1.29, 1.82) is 0 Å². The quantitative estimate of drug-likeness (QED) is 0.570. The molecule has 0 aliphatic heterocycles. The van der Waals surface area contributed by atoms with Crippen molar-refractivity contribution in [2.24, 2.45) is 5.92 Å². The summed E-state index contributed by atoms with van der Waals surface area (Å²) in [5, 5.41) is 0. The van der Waals surface area contributed by atoms with Gasteiger partial charge in [-0.05, 0) is 56.1 Å². The van der Waals surface area contributed by atoms with E-state index in [-0.39, 0.29) is 0 Å². The predicted molar refractivity (Wildman–Crippen MR) is 71.4 cm³/mol. The van der Waals surface area contributed by atoms with E-state index in [1.807, 2.05) is 0 Å². The van der Waals surface area contributed by atoms with Crippen molar-refractivity contribution in [3.05, 3.63) is 34.9 Å². The molecule has 0 spiro atoms. The molecule has 1 unspecified atom stereocenters. The Morgan fingerprint density at radius 3 is 2.38 bits per heavy atom. The normalized spacial score (nSPS) is 25.8. The van der Waals surface area contributed by atoms with E-state index in [9.17, 15) is 0 Å². The van der Waals surface area contributed by atoms with Crippen LogP contribution in [0.2, 0.25) is 0 Å². The molecule has 0 aromatic carbocycles. The van der Waals surface area contributed by atoms with Gasteiger partial charge < -0.3 is 0 Å². The van der Waals surface area contributed by atoms with Gasteiger partial charge in [-0.1, -0.05) is 31.1 Å². The molecular formula is C16H24. The third-order valence-electron chi connectivity index (χ3n) is 4.29. The van der Waals surface area contributed by atoms with Crippen LogP contribution in [0.25, 0.3) is 0 Å². The van der Waals surface area contributed by atoms with E-state index in [2.05, 4.69) is 26.5 Å². The lowest BCUT2D eigenvalue weighted by Gasteiger charge is -2.33. The lowest BCUT2D eigenvalue weighted by atomic mass is 9.72. The van der Waals surface area contributed by atoms with Crippen LogP contribution in [0.3, 0.4) is 0 Å². The summed E-state index contributed by atoms with van der Waals surface area (Å²) in [4.78, 5) is 0. The van der Waals surface area contributed by atoms with Crippen molar-refractivity contribution in [1.82, 2.24) is 0 Å². The zero-order chi connectivity index (χ0) is 11.5. The van der Waals surface area contributed by atoms with Gasteiger partial charge in [0.1, 0.15) is 0 Å². The fourth-order valence-corrected chi connectivity index (χ4v) is 3.44. The van der Waals surface area contributed by atoms with Gasteiger partial charge in [0.05, 0.1) is 0 Å². The van der Waals surface area contributed by atoms with Gasteiger partial charge in [-0.15, -0.1) is 6.58 Å². The maximum Gasteiger partial charge on any atom is 0.00173 e. The summed E-state index contributed by atoms with van der Waals surface area (Å²) in [6, 6.07) is 0. The fourth-order valence-electron chi connectivity index (χ4n) is 3.44. The Bertz CT molecular complexity index is 341. The minimum Gasteiger partial charge on any atom is -0.102 e. The molecule has 0 aromatic rings. The smallest absolute Gasteiger partial charge is 0.00173 e. The van der Waals surface area contributed by atoms with E-state index >= 15 is 0 Å². The Balaban J connectivity index is 2.44. The van der Waals surface area contributed by atoms with Gasteiger partial charge in [0, 0.05) is 5.92 Å². The molecule has 0 heterocycles. The van der Waals surface area contributed by atoms with Crippen molar-refractivity contribution < 1.29 is 0 Å². The highest BCUT2D eigenvalue weighted by Crippen LogP contribution is 2.44. The van der Waals surface area contributed by atoms with E-state index in [1.54, 1.807) is 22.3 Å². The van der Waals surface area contributed by atoms with Gasteiger partial charge in [-0.2, -0.15) is 0 Å². The Hall–Kier alpha value is -0.780. The van der Waals surface area contributed by atoms with Gasteiger partial charge >= 0.3 is 0 Å². The first-order valence-electron chi connectivity index (χ1n) is 6.87. The monoisotopic (exact) mass is 216 g/mol. The first kappa shape index (κ1) is 11.7. The summed E-state index contributed by atoms with van der Waals surface area (Å²) in [5.41, 5.74) is 6.88. The van der Waals surface area contributed by atoms with Crippen molar-refractivity contribution in [2.45, 2.75) is 58.8 Å². The van der Waals surface area contributed by atoms with E-state index < -0.39 is 0 Å². The van der Waals surface area contributed by atoms with E-state index in [0.717, 1.165) is 0 Å². The maximum atomic E-state index is 4.03. The van der Waals surface area contributed by atoms with Crippen LogP contribution in [-0.4, -0.2) is 0 Å². The lowest BCUT2D eigenvalue weighted by Crippen LogP contribution is -2.16. The molecule has 0 nitrogen and oxygen atoms in total. The van der Waals surface area contributed by atoms with Crippen molar-refractivity contribution >= 4 is 0 Å². The topological polar surface area (TPSA) is 0 Å². The first-order valence-corrected chi connectivity index (χ1v) is 6.87. The fraction of sp³-hybridized carbons (Fsp3) is 0.625. The van der Waals surface area contributed by atoms with Crippen LogP contribution in [0.15, 0.2) is 34.9 Å². The molecule has 2 rings (SSSR count). The average molecular weight is 216 g/mol. The number of hydrogen-bond acceptors (Lipinski definition) is 0. The second-order valence-electron chi connectivity index (χ2n) is 5.05. The van der Waals surface area contributed by atoms with Crippen LogP contribution in [0.1, 0.15) is 58.8 Å². The molecule has 88 valence electrons. The summed E-state index contributed by atoms with van der Waals surface area (Å²) >= 11 is 0. The second-order valence-corrected chi connectivity index (χ2v) is 5.05. The average Bonchev–Trinajstić information content (AvgIpc) is 2.36. The molecule has 1 saturated carbocycles. The number of fused-ring (bicyclic) bond motifs is 1. The molecule has 0 heteroatoms. The van der Waals surface area contributed by atoms with Gasteiger partial charge in [-0.3, -0.25) is 0 Å². The van der Waals surface area contributed by atoms with Crippen LogP contribution in [0.4, 0.5) is 0 Å².